The normalized spacial score (nSPS) is 15.8. The van der Waals surface area contributed by atoms with Crippen molar-refractivity contribution in [1.29, 1.82) is 0 Å². The molecule has 6 heterocycles. The van der Waals surface area contributed by atoms with E-state index in [4.69, 9.17) is 18.9 Å². The lowest BCUT2D eigenvalue weighted by molar-refractivity contribution is -0.254. The van der Waals surface area contributed by atoms with Crippen LogP contribution in [0.4, 0.5) is 26.3 Å². The Morgan fingerprint density at radius 2 is 0.656 bits per heavy atom. The SMILES string of the molecule is COCCc1sc(-c2cc(C3=C(c4cc(-c5cc(C)c(CCOC)s5)sc4-c4cc(C)c(CCOC)s4)C(F)(F)C(F)(F)C3(F)F)c(-c3cc(C)c(CCOC)s3)s2)cc1C. The van der Waals surface area contributed by atoms with Crippen LogP contribution in [0.5, 0.6) is 0 Å². The van der Waals surface area contributed by atoms with Gasteiger partial charge in [-0.2, -0.15) is 26.3 Å². The highest BCUT2D eigenvalue weighted by Gasteiger charge is 2.80. The van der Waals surface area contributed by atoms with Gasteiger partial charge in [0.25, 0.3) is 0 Å². The van der Waals surface area contributed by atoms with Gasteiger partial charge in [0, 0.05) is 125 Å². The van der Waals surface area contributed by atoms with Gasteiger partial charge in [-0.25, -0.2) is 0 Å². The summed E-state index contributed by atoms with van der Waals surface area (Å²) in [4.78, 5) is 7.92. The molecule has 0 atom stereocenters. The van der Waals surface area contributed by atoms with Gasteiger partial charge in [-0.15, -0.1) is 68.0 Å². The number of thiophene rings is 6. The van der Waals surface area contributed by atoms with E-state index in [1.54, 1.807) is 28.4 Å². The van der Waals surface area contributed by atoms with E-state index in [-0.39, 0.29) is 20.9 Å². The number of aryl methyl sites for hydroxylation is 4. The maximum atomic E-state index is 17.0. The first-order chi connectivity index (χ1) is 29.0. The molecule has 1 aliphatic rings. The lowest BCUT2D eigenvalue weighted by atomic mass is 9.94. The maximum Gasteiger partial charge on any atom is 0.380 e. The summed E-state index contributed by atoms with van der Waals surface area (Å²) in [6, 6.07) is 10.4. The molecule has 1 aliphatic carbocycles. The van der Waals surface area contributed by atoms with E-state index in [1.165, 1.54) is 57.5 Å². The fourth-order valence-electron chi connectivity index (χ4n) is 7.51. The molecule has 0 N–H and O–H groups in total. The van der Waals surface area contributed by atoms with Crippen LogP contribution in [0.1, 0.15) is 52.9 Å². The smallest absolute Gasteiger partial charge is 0.380 e. The van der Waals surface area contributed by atoms with Crippen molar-refractivity contribution < 1.29 is 45.3 Å². The zero-order chi connectivity index (χ0) is 44.0. The van der Waals surface area contributed by atoms with Crippen LogP contribution in [-0.4, -0.2) is 72.6 Å². The highest BCUT2D eigenvalue weighted by molar-refractivity contribution is 7.27. The van der Waals surface area contributed by atoms with Crippen molar-refractivity contribution in [2.45, 2.75) is 71.1 Å². The van der Waals surface area contributed by atoms with Gasteiger partial charge in [0.15, 0.2) is 0 Å². The minimum Gasteiger partial charge on any atom is -0.384 e. The van der Waals surface area contributed by atoms with Gasteiger partial charge in [-0.3, -0.25) is 0 Å². The number of halogens is 6. The summed E-state index contributed by atoms with van der Waals surface area (Å²) in [5.41, 5.74) is 0.326. The van der Waals surface area contributed by atoms with Crippen molar-refractivity contribution in [1.82, 2.24) is 0 Å². The predicted octanol–water partition coefficient (Wildman–Crippen LogP) is 14.5. The summed E-state index contributed by atoms with van der Waals surface area (Å²) in [6.45, 7) is 9.40. The summed E-state index contributed by atoms with van der Waals surface area (Å²) >= 11 is 7.88. The first-order valence-corrected chi connectivity index (χ1v) is 24.4. The van der Waals surface area contributed by atoms with Crippen molar-refractivity contribution in [3.8, 4) is 39.0 Å². The van der Waals surface area contributed by atoms with Crippen LogP contribution in [0.2, 0.25) is 0 Å². The van der Waals surface area contributed by atoms with Gasteiger partial charge >= 0.3 is 17.8 Å². The van der Waals surface area contributed by atoms with Crippen LogP contribution in [0.15, 0.2) is 36.4 Å². The molecule has 61 heavy (non-hydrogen) atoms. The van der Waals surface area contributed by atoms with Crippen molar-refractivity contribution in [2.75, 3.05) is 54.9 Å². The molecule has 0 saturated carbocycles. The fourth-order valence-corrected chi connectivity index (χ4v) is 14.8. The van der Waals surface area contributed by atoms with Gasteiger partial charge in [0.1, 0.15) is 0 Å². The number of rotatable bonds is 18. The Labute approximate surface area is 376 Å². The van der Waals surface area contributed by atoms with E-state index in [2.05, 4.69) is 0 Å². The van der Waals surface area contributed by atoms with Crippen LogP contribution in [0.3, 0.4) is 0 Å². The molecule has 0 aromatic carbocycles. The lowest BCUT2D eigenvalue weighted by Crippen LogP contribution is -2.48. The standard InChI is InChI=1S/C45H46F6O4S6/c1-23-17-33(56-29(23)9-13-52-5)35-21-27(41(60-35)37-19-25(3)31(58-37)11-15-54-7)39-40(44(48,49)45(50,51)43(39,46)47)28-22-36(34-18-24(2)30(57-34)10-14-53-6)61-42(28)38-20-26(4)32(59-38)12-16-55-8/h17-22H,9-16H2,1-8H3. The highest BCUT2D eigenvalue weighted by atomic mass is 32.1. The summed E-state index contributed by atoms with van der Waals surface area (Å²) in [6.07, 6.45) is 2.31. The van der Waals surface area contributed by atoms with E-state index in [0.717, 1.165) is 74.2 Å². The average Bonchev–Trinajstić information content (AvgIpc) is 4.08. The average molecular weight is 957 g/mol. The quantitative estimate of drug-likeness (QED) is 0.0805. The molecule has 16 heteroatoms. The maximum absolute atomic E-state index is 17.0. The number of hydrogen-bond acceptors (Lipinski definition) is 10. The Morgan fingerprint density at radius 1 is 0.393 bits per heavy atom. The monoisotopic (exact) mass is 956 g/mol. The molecule has 0 fully saturated rings. The van der Waals surface area contributed by atoms with E-state index < -0.39 is 28.9 Å². The third kappa shape index (κ3) is 8.55. The van der Waals surface area contributed by atoms with Crippen LogP contribution >= 0.6 is 68.0 Å². The molecule has 0 bridgehead atoms. The second-order valence-electron chi connectivity index (χ2n) is 15.0. The van der Waals surface area contributed by atoms with Crippen molar-refractivity contribution >= 4 is 79.2 Å². The minimum absolute atomic E-state index is 0.236. The molecule has 0 unspecified atom stereocenters. The molecule has 0 spiro atoms. The van der Waals surface area contributed by atoms with E-state index >= 15 is 26.3 Å². The summed E-state index contributed by atoms with van der Waals surface area (Å²) < 4.78 is 122. The first kappa shape index (κ1) is 46.4. The molecule has 0 amide bonds. The third-order valence-corrected chi connectivity index (χ3v) is 19.0. The molecule has 0 radical (unpaired) electrons. The molecule has 6 aromatic rings. The zero-order valence-corrected chi connectivity index (χ0v) is 39.9. The minimum atomic E-state index is -5.74. The van der Waals surface area contributed by atoms with Crippen molar-refractivity contribution in [3.63, 3.8) is 0 Å². The van der Waals surface area contributed by atoms with Crippen molar-refractivity contribution in [3.05, 3.63) is 89.3 Å². The predicted molar refractivity (Wildman–Crippen MR) is 245 cm³/mol. The number of allylic oxidation sites excluding steroid dienone is 2. The van der Waals surface area contributed by atoms with Crippen LogP contribution in [-0.2, 0) is 44.6 Å². The van der Waals surface area contributed by atoms with Crippen LogP contribution in [0.25, 0.3) is 50.2 Å². The van der Waals surface area contributed by atoms with E-state index in [0.29, 0.717) is 71.6 Å². The third-order valence-electron chi connectivity index (χ3n) is 10.8. The molecular formula is C45H46F6O4S6. The molecule has 0 aliphatic heterocycles. The van der Waals surface area contributed by atoms with Gasteiger partial charge in [-0.1, -0.05) is 0 Å². The Morgan fingerprint density at radius 3 is 0.951 bits per heavy atom. The largest absolute Gasteiger partial charge is 0.384 e. The highest BCUT2D eigenvalue weighted by Crippen LogP contribution is 2.68. The van der Waals surface area contributed by atoms with Crippen LogP contribution in [0, 0.1) is 27.7 Å². The molecule has 7 rings (SSSR count). The molecular weight excluding hydrogens is 911 g/mol. The Bertz CT molecular complexity index is 2380. The number of methoxy groups -OCH3 is 4. The fraction of sp³-hybridized carbons (Fsp3) is 0.422. The number of hydrogen-bond donors (Lipinski definition) is 0. The molecule has 0 saturated heterocycles. The summed E-state index contributed by atoms with van der Waals surface area (Å²) in [5, 5.41) is 0. The summed E-state index contributed by atoms with van der Waals surface area (Å²) in [5.74, 6) is -16.2. The van der Waals surface area contributed by atoms with Gasteiger partial charge in [-0.05, 0) is 86.3 Å². The molecule has 6 aromatic heterocycles. The zero-order valence-electron chi connectivity index (χ0n) is 35.0. The second-order valence-corrected chi connectivity index (χ2v) is 21.7. The van der Waals surface area contributed by atoms with E-state index in [1.807, 2.05) is 52.0 Å². The van der Waals surface area contributed by atoms with Gasteiger partial charge in [0.2, 0.25) is 0 Å². The molecule has 328 valence electrons. The Kier molecular flexibility index (Phi) is 14.0. The Balaban J connectivity index is 1.54. The lowest BCUT2D eigenvalue weighted by Gasteiger charge is -2.25. The second kappa shape index (κ2) is 18.5. The first-order valence-electron chi connectivity index (χ1n) is 19.5. The number of ether oxygens (including phenoxy) is 4. The van der Waals surface area contributed by atoms with Gasteiger partial charge in [0.05, 0.1) is 36.2 Å². The van der Waals surface area contributed by atoms with E-state index in [9.17, 15) is 0 Å². The van der Waals surface area contributed by atoms with Crippen LogP contribution < -0.4 is 0 Å². The Hall–Kier alpha value is -2.64. The number of alkyl halides is 6. The molecule has 4 nitrogen and oxygen atoms in total. The summed E-state index contributed by atoms with van der Waals surface area (Å²) in [7, 11) is 6.37. The van der Waals surface area contributed by atoms with Gasteiger partial charge < -0.3 is 18.9 Å². The topological polar surface area (TPSA) is 36.9 Å². The van der Waals surface area contributed by atoms with Crippen molar-refractivity contribution in [2.24, 2.45) is 0 Å².